The standard InChI is InChI=1S/C9H9NO7S/c1-5(17-18(15)16)7-3-2-6(9(11)12)4-8(7)10(13)14/h2-5H,1H3,(H,11,12)(H,15,16). The second-order valence-corrected chi connectivity index (χ2v) is 3.92. The van der Waals surface area contributed by atoms with Gasteiger partial charge in [-0.15, -0.1) is 0 Å². The van der Waals surface area contributed by atoms with Crippen molar-refractivity contribution in [2.24, 2.45) is 0 Å². The van der Waals surface area contributed by atoms with Gasteiger partial charge < -0.3 is 5.11 Å². The fourth-order valence-electron chi connectivity index (χ4n) is 1.35. The predicted molar refractivity (Wildman–Crippen MR) is 60.3 cm³/mol. The first-order chi connectivity index (χ1) is 8.32. The molecule has 0 saturated heterocycles. The highest BCUT2D eigenvalue weighted by Crippen LogP contribution is 2.28. The van der Waals surface area contributed by atoms with E-state index in [9.17, 15) is 19.1 Å². The van der Waals surface area contributed by atoms with Gasteiger partial charge in [-0.25, -0.2) is 4.79 Å². The number of carbonyl (C=O) groups is 1. The van der Waals surface area contributed by atoms with Crippen LogP contribution in [-0.4, -0.2) is 24.8 Å². The Bertz CT molecular complexity index is 516. The van der Waals surface area contributed by atoms with Gasteiger partial charge in [0.1, 0.15) is 6.10 Å². The van der Waals surface area contributed by atoms with E-state index in [2.05, 4.69) is 4.18 Å². The molecule has 0 spiro atoms. The van der Waals surface area contributed by atoms with E-state index in [1.807, 2.05) is 0 Å². The first kappa shape index (κ1) is 14.2. The summed E-state index contributed by atoms with van der Waals surface area (Å²) in [4.78, 5) is 20.7. The van der Waals surface area contributed by atoms with Crippen LogP contribution in [0.1, 0.15) is 28.9 Å². The Labute approximate surface area is 104 Å². The molecule has 0 aliphatic carbocycles. The molecule has 0 amide bonds. The lowest BCUT2D eigenvalue weighted by atomic mass is 10.1. The van der Waals surface area contributed by atoms with E-state index >= 15 is 0 Å². The van der Waals surface area contributed by atoms with Crippen LogP contribution in [0.15, 0.2) is 18.2 Å². The van der Waals surface area contributed by atoms with Gasteiger partial charge in [-0.2, -0.15) is 4.21 Å². The zero-order valence-corrected chi connectivity index (χ0v) is 9.92. The van der Waals surface area contributed by atoms with Crippen LogP contribution in [-0.2, 0) is 15.5 Å². The van der Waals surface area contributed by atoms with Gasteiger partial charge in [0.2, 0.25) is 0 Å². The van der Waals surface area contributed by atoms with E-state index in [0.717, 1.165) is 12.1 Å². The number of carboxylic acid groups (broad SMARTS) is 1. The summed E-state index contributed by atoms with van der Waals surface area (Å²) in [6, 6.07) is 3.21. The minimum absolute atomic E-state index is 0.0207. The minimum atomic E-state index is -2.57. The molecule has 0 aromatic heterocycles. The number of rotatable bonds is 5. The van der Waals surface area contributed by atoms with Crippen LogP contribution in [0.2, 0.25) is 0 Å². The molecule has 2 atom stereocenters. The van der Waals surface area contributed by atoms with Crippen LogP contribution in [0.4, 0.5) is 5.69 Å². The number of carboxylic acids is 1. The first-order valence-corrected chi connectivity index (χ1v) is 5.65. The SMILES string of the molecule is CC(OS(=O)O)c1ccc(C(=O)O)cc1[N+](=O)[O-]. The Morgan fingerprint density at radius 1 is 1.56 bits per heavy atom. The molecule has 1 aromatic rings. The van der Waals surface area contributed by atoms with Gasteiger partial charge in [0.05, 0.1) is 16.1 Å². The normalized spacial score (nSPS) is 13.9. The summed E-state index contributed by atoms with van der Waals surface area (Å²) in [6.45, 7) is 1.34. The fourth-order valence-corrected chi connectivity index (χ4v) is 1.70. The number of aromatic carboxylic acids is 1. The maximum absolute atomic E-state index is 10.8. The number of hydrogen-bond donors (Lipinski definition) is 2. The second kappa shape index (κ2) is 5.67. The number of nitro groups is 1. The van der Waals surface area contributed by atoms with Crippen molar-refractivity contribution in [1.29, 1.82) is 0 Å². The summed E-state index contributed by atoms with van der Waals surface area (Å²) in [5.74, 6) is -1.30. The quantitative estimate of drug-likeness (QED) is 0.473. The lowest BCUT2D eigenvalue weighted by Crippen LogP contribution is -2.07. The summed E-state index contributed by atoms with van der Waals surface area (Å²) in [5.41, 5.74) is -0.706. The second-order valence-electron chi connectivity index (χ2n) is 3.29. The van der Waals surface area contributed by atoms with Crippen LogP contribution in [0, 0.1) is 10.1 Å². The van der Waals surface area contributed by atoms with Gasteiger partial charge >= 0.3 is 17.3 Å². The zero-order chi connectivity index (χ0) is 13.9. The summed E-state index contributed by atoms with van der Waals surface area (Å²) >= 11 is -2.57. The summed E-state index contributed by atoms with van der Waals surface area (Å²) in [7, 11) is 0. The highest BCUT2D eigenvalue weighted by molar-refractivity contribution is 7.74. The maximum Gasteiger partial charge on any atom is 0.335 e. The van der Waals surface area contributed by atoms with Crippen molar-refractivity contribution < 1.29 is 27.8 Å². The number of benzene rings is 1. The lowest BCUT2D eigenvalue weighted by Gasteiger charge is -2.10. The molecular weight excluding hydrogens is 266 g/mol. The molecule has 0 fully saturated rings. The number of nitro benzene ring substituents is 1. The van der Waals surface area contributed by atoms with Crippen LogP contribution in [0.5, 0.6) is 0 Å². The molecule has 1 rings (SSSR count). The molecule has 0 radical (unpaired) electrons. The summed E-state index contributed by atoms with van der Waals surface area (Å²) in [6.07, 6.45) is -1.01. The van der Waals surface area contributed by atoms with Crippen LogP contribution < -0.4 is 0 Å². The Morgan fingerprint density at radius 2 is 2.17 bits per heavy atom. The topological polar surface area (TPSA) is 127 Å². The molecule has 18 heavy (non-hydrogen) atoms. The predicted octanol–water partition coefficient (Wildman–Crippen LogP) is 1.51. The monoisotopic (exact) mass is 275 g/mol. The van der Waals surface area contributed by atoms with E-state index in [1.54, 1.807) is 0 Å². The molecule has 98 valence electrons. The van der Waals surface area contributed by atoms with Gasteiger partial charge in [0, 0.05) is 6.07 Å². The Kier molecular flexibility index (Phi) is 4.48. The van der Waals surface area contributed by atoms with E-state index < -0.39 is 34.0 Å². The summed E-state index contributed by atoms with van der Waals surface area (Å²) in [5, 5.41) is 19.5. The van der Waals surface area contributed by atoms with Crippen molar-refractivity contribution in [2.45, 2.75) is 13.0 Å². The van der Waals surface area contributed by atoms with Crippen LogP contribution in [0.3, 0.4) is 0 Å². The minimum Gasteiger partial charge on any atom is -0.478 e. The Balaban J connectivity index is 3.23. The molecule has 0 aliphatic heterocycles. The van der Waals surface area contributed by atoms with Gasteiger partial charge in [0.25, 0.3) is 5.69 Å². The average Bonchev–Trinajstić information content (AvgIpc) is 2.26. The Hall–Kier alpha value is -1.84. The third-order valence-corrected chi connectivity index (χ3v) is 2.59. The molecule has 2 unspecified atom stereocenters. The fraction of sp³-hybridized carbons (Fsp3) is 0.222. The Morgan fingerprint density at radius 3 is 2.61 bits per heavy atom. The average molecular weight is 275 g/mol. The van der Waals surface area contributed by atoms with E-state index in [4.69, 9.17) is 9.66 Å². The van der Waals surface area contributed by atoms with E-state index in [-0.39, 0.29) is 11.1 Å². The van der Waals surface area contributed by atoms with Crippen molar-refractivity contribution in [3.05, 3.63) is 39.4 Å². The third kappa shape index (κ3) is 3.32. The van der Waals surface area contributed by atoms with Crippen LogP contribution in [0.25, 0.3) is 0 Å². The van der Waals surface area contributed by atoms with E-state index in [0.29, 0.717) is 0 Å². The first-order valence-electron chi connectivity index (χ1n) is 4.62. The van der Waals surface area contributed by atoms with Crippen molar-refractivity contribution in [2.75, 3.05) is 0 Å². The molecule has 8 nitrogen and oxygen atoms in total. The summed E-state index contributed by atoms with van der Waals surface area (Å²) < 4.78 is 23.5. The largest absolute Gasteiger partial charge is 0.478 e. The third-order valence-electron chi connectivity index (χ3n) is 2.14. The molecule has 0 aliphatic rings. The maximum atomic E-state index is 10.8. The highest BCUT2D eigenvalue weighted by Gasteiger charge is 2.23. The molecule has 1 aromatic carbocycles. The van der Waals surface area contributed by atoms with Gasteiger partial charge in [-0.3, -0.25) is 18.9 Å². The van der Waals surface area contributed by atoms with Crippen molar-refractivity contribution in [3.63, 3.8) is 0 Å². The van der Waals surface area contributed by atoms with Gasteiger partial charge in [0.15, 0.2) is 0 Å². The smallest absolute Gasteiger partial charge is 0.335 e. The zero-order valence-electron chi connectivity index (χ0n) is 9.10. The van der Waals surface area contributed by atoms with Crippen LogP contribution >= 0.6 is 0 Å². The van der Waals surface area contributed by atoms with Crippen molar-refractivity contribution in [1.82, 2.24) is 0 Å². The van der Waals surface area contributed by atoms with Crippen molar-refractivity contribution >= 4 is 23.0 Å². The molecular formula is C9H9NO7S. The molecule has 9 heteroatoms. The van der Waals surface area contributed by atoms with Crippen molar-refractivity contribution in [3.8, 4) is 0 Å². The van der Waals surface area contributed by atoms with E-state index in [1.165, 1.54) is 13.0 Å². The highest BCUT2D eigenvalue weighted by atomic mass is 32.2. The van der Waals surface area contributed by atoms with Gasteiger partial charge in [-0.05, 0) is 19.1 Å². The lowest BCUT2D eigenvalue weighted by molar-refractivity contribution is -0.386. The number of nitrogens with zero attached hydrogens (tertiary/aromatic N) is 1. The molecule has 0 heterocycles. The molecule has 0 saturated carbocycles. The number of hydrogen-bond acceptors (Lipinski definition) is 5. The van der Waals surface area contributed by atoms with Gasteiger partial charge in [-0.1, -0.05) is 0 Å². The molecule has 0 bridgehead atoms. The molecule has 2 N–H and O–H groups in total.